The lowest BCUT2D eigenvalue weighted by molar-refractivity contribution is -0.118. The first kappa shape index (κ1) is 21.1. The number of primary amides is 1. The fourth-order valence-corrected chi connectivity index (χ4v) is 4.52. The molecule has 3 unspecified atom stereocenters. The average molecular weight is 393 g/mol. The van der Waals surface area contributed by atoms with Crippen molar-refractivity contribution in [3.8, 4) is 5.75 Å². The van der Waals surface area contributed by atoms with Crippen LogP contribution in [0.4, 0.5) is 4.39 Å². The topological polar surface area (TPSA) is 89.6 Å². The Morgan fingerprint density at radius 3 is 2.00 bits per heavy atom. The molecular formula is C20H24FNO4S. The van der Waals surface area contributed by atoms with Crippen LogP contribution >= 0.6 is 0 Å². The molecule has 2 aromatic carbocycles. The molecule has 3 atom stereocenters. The van der Waals surface area contributed by atoms with Gasteiger partial charge in [-0.1, -0.05) is 38.1 Å². The minimum atomic E-state index is -2.53. The summed E-state index contributed by atoms with van der Waals surface area (Å²) in [4.78, 5) is 12.3. The van der Waals surface area contributed by atoms with Gasteiger partial charge in [-0.05, 0) is 47.7 Å². The van der Waals surface area contributed by atoms with Crippen LogP contribution in [0.1, 0.15) is 31.4 Å². The fourth-order valence-electron chi connectivity index (χ4n) is 3.61. The van der Waals surface area contributed by atoms with E-state index < -0.39 is 33.5 Å². The predicted molar refractivity (Wildman–Crippen MR) is 103 cm³/mol. The Morgan fingerprint density at radius 1 is 1.15 bits per heavy atom. The summed E-state index contributed by atoms with van der Waals surface area (Å²) in [7, 11) is 1.53. The number of carbonyl (C=O) groups excluding carboxylic acids is 1. The van der Waals surface area contributed by atoms with Crippen molar-refractivity contribution in [1.29, 1.82) is 0 Å². The molecule has 0 aliphatic carbocycles. The van der Waals surface area contributed by atoms with Crippen LogP contribution in [0.5, 0.6) is 5.75 Å². The molecule has 7 heteroatoms. The van der Waals surface area contributed by atoms with Crippen molar-refractivity contribution in [2.45, 2.75) is 30.9 Å². The summed E-state index contributed by atoms with van der Waals surface area (Å²) in [5.74, 6) is -0.663. The number of nitrogens with two attached hydrogens (primary N) is 1. The zero-order valence-electron chi connectivity index (χ0n) is 15.5. The first-order chi connectivity index (χ1) is 12.7. The molecule has 1 amide bonds. The van der Waals surface area contributed by atoms with Crippen LogP contribution in [0.15, 0.2) is 48.5 Å². The van der Waals surface area contributed by atoms with E-state index in [-0.39, 0.29) is 5.92 Å². The molecule has 0 fully saturated rings. The Kier molecular flexibility index (Phi) is 6.73. The summed E-state index contributed by atoms with van der Waals surface area (Å²) in [6.07, 6.45) is 0.366. The van der Waals surface area contributed by atoms with Crippen LogP contribution in [0, 0.1) is 11.7 Å². The third-order valence-electron chi connectivity index (χ3n) is 4.60. The van der Waals surface area contributed by atoms with Crippen LogP contribution in [-0.2, 0) is 21.3 Å². The number of methoxy groups -OCH3 is 1. The number of halogens is 1. The van der Waals surface area contributed by atoms with Gasteiger partial charge >= 0.3 is 0 Å². The van der Waals surface area contributed by atoms with Crippen molar-refractivity contribution in [2.24, 2.45) is 11.7 Å². The molecule has 27 heavy (non-hydrogen) atoms. The highest BCUT2D eigenvalue weighted by atomic mass is 32.2. The number of hydrogen-bond donors (Lipinski definition) is 2. The van der Waals surface area contributed by atoms with Gasteiger partial charge in [-0.2, -0.15) is 0 Å². The van der Waals surface area contributed by atoms with Crippen LogP contribution < -0.4 is 10.5 Å². The summed E-state index contributed by atoms with van der Waals surface area (Å²) in [6.45, 7) is 3.89. The van der Waals surface area contributed by atoms with Gasteiger partial charge in [-0.15, -0.1) is 0 Å². The van der Waals surface area contributed by atoms with E-state index in [1.54, 1.807) is 24.3 Å². The van der Waals surface area contributed by atoms with Gasteiger partial charge in [0.1, 0.15) is 11.6 Å². The Hall–Kier alpha value is -2.25. The first-order valence-electron chi connectivity index (χ1n) is 8.52. The third kappa shape index (κ3) is 4.36. The Balaban J connectivity index is 2.84. The molecule has 0 aliphatic rings. The maximum Gasteiger partial charge on any atom is 0.236 e. The zero-order chi connectivity index (χ0) is 20.2. The largest absolute Gasteiger partial charge is 0.497 e. The lowest BCUT2D eigenvalue weighted by Crippen LogP contribution is -2.51. The van der Waals surface area contributed by atoms with E-state index in [1.807, 2.05) is 13.8 Å². The molecule has 0 saturated carbocycles. The van der Waals surface area contributed by atoms with E-state index in [0.29, 0.717) is 23.3 Å². The van der Waals surface area contributed by atoms with E-state index in [9.17, 15) is 17.9 Å². The Labute approximate surface area is 161 Å². The van der Waals surface area contributed by atoms with Crippen molar-refractivity contribution >= 4 is 17.0 Å². The second-order valence-electron chi connectivity index (χ2n) is 6.86. The molecule has 2 aromatic rings. The van der Waals surface area contributed by atoms with Gasteiger partial charge < -0.3 is 15.0 Å². The minimum Gasteiger partial charge on any atom is -0.497 e. The normalized spacial score (nSPS) is 15.8. The molecule has 5 nitrogen and oxygen atoms in total. The third-order valence-corrected chi connectivity index (χ3v) is 5.64. The number of ether oxygens (including phenoxy) is 1. The van der Waals surface area contributed by atoms with E-state index >= 15 is 0 Å². The second kappa shape index (κ2) is 8.63. The molecule has 2 rings (SSSR count). The van der Waals surface area contributed by atoms with Crippen molar-refractivity contribution < 1.29 is 22.7 Å². The van der Waals surface area contributed by atoms with E-state index in [4.69, 9.17) is 10.5 Å². The van der Waals surface area contributed by atoms with Gasteiger partial charge in [0.25, 0.3) is 0 Å². The summed E-state index contributed by atoms with van der Waals surface area (Å²) in [5, 5.41) is -1.40. The van der Waals surface area contributed by atoms with E-state index in [2.05, 4.69) is 0 Å². The molecule has 3 N–H and O–H groups in total. The highest BCUT2D eigenvalue weighted by Gasteiger charge is 2.49. The number of amides is 1. The minimum absolute atomic E-state index is 0.0579. The molecule has 0 bridgehead atoms. The highest BCUT2D eigenvalue weighted by Crippen LogP contribution is 2.43. The maximum atomic E-state index is 13.5. The fraction of sp³-hybridized carbons (Fsp3) is 0.350. The van der Waals surface area contributed by atoms with Crippen molar-refractivity contribution in [3.05, 3.63) is 65.5 Å². The standard InChI is InChI=1S/C20H24FNO4S/c1-13(2)12-20(18(19(22)23)27(24)25,14-4-8-16(21)9-5-14)15-6-10-17(26-3)11-7-15/h4-11,13,18H,12H2,1-3H3,(H2,22,23)(H,24,25). The van der Waals surface area contributed by atoms with Gasteiger partial charge in [-0.3, -0.25) is 4.79 Å². The molecule has 0 heterocycles. The molecule has 0 aromatic heterocycles. The SMILES string of the molecule is COc1ccc(C(CC(C)C)(c2ccc(F)cc2)C(C(N)=O)S(=O)O)cc1. The van der Waals surface area contributed by atoms with Crippen molar-refractivity contribution in [3.63, 3.8) is 0 Å². The zero-order valence-corrected chi connectivity index (χ0v) is 16.3. The number of benzene rings is 2. The summed E-state index contributed by atoms with van der Waals surface area (Å²) >= 11 is -2.53. The monoisotopic (exact) mass is 393 g/mol. The van der Waals surface area contributed by atoms with Gasteiger partial charge in [0.2, 0.25) is 5.91 Å². The molecule has 0 radical (unpaired) electrons. The van der Waals surface area contributed by atoms with Gasteiger partial charge in [0.15, 0.2) is 16.3 Å². The van der Waals surface area contributed by atoms with Crippen LogP contribution in [0.2, 0.25) is 0 Å². The van der Waals surface area contributed by atoms with E-state index in [1.165, 1.54) is 31.4 Å². The number of rotatable bonds is 8. The number of carbonyl (C=O) groups is 1. The molecular weight excluding hydrogens is 369 g/mol. The highest BCUT2D eigenvalue weighted by molar-refractivity contribution is 7.80. The lowest BCUT2D eigenvalue weighted by atomic mass is 9.67. The van der Waals surface area contributed by atoms with Gasteiger partial charge in [-0.25, -0.2) is 8.60 Å². The van der Waals surface area contributed by atoms with Crippen LogP contribution in [0.25, 0.3) is 0 Å². The summed E-state index contributed by atoms with van der Waals surface area (Å²) in [5.41, 5.74) is 5.56. The van der Waals surface area contributed by atoms with Crippen LogP contribution in [-0.4, -0.2) is 27.0 Å². The van der Waals surface area contributed by atoms with Crippen molar-refractivity contribution in [2.75, 3.05) is 7.11 Å². The molecule has 0 spiro atoms. The summed E-state index contributed by atoms with van der Waals surface area (Å²) < 4.78 is 40.9. The van der Waals surface area contributed by atoms with E-state index in [0.717, 1.165) is 0 Å². The lowest BCUT2D eigenvalue weighted by Gasteiger charge is -2.40. The number of hydrogen-bond acceptors (Lipinski definition) is 3. The Bertz CT molecular complexity index is 794. The average Bonchev–Trinajstić information content (AvgIpc) is 2.60. The Morgan fingerprint density at radius 2 is 1.63 bits per heavy atom. The second-order valence-corrected chi connectivity index (χ2v) is 7.89. The molecule has 146 valence electrons. The molecule has 0 aliphatic heterocycles. The van der Waals surface area contributed by atoms with Gasteiger partial charge in [0, 0.05) is 5.41 Å². The van der Waals surface area contributed by atoms with Crippen molar-refractivity contribution in [1.82, 2.24) is 0 Å². The first-order valence-corrected chi connectivity index (χ1v) is 9.69. The smallest absolute Gasteiger partial charge is 0.236 e. The quantitative estimate of drug-likeness (QED) is 0.674. The van der Waals surface area contributed by atoms with Crippen LogP contribution in [0.3, 0.4) is 0 Å². The summed E-state index contributed by atoms with van der Waals surface area (Å²) in [6, 6.07) is 12.5. The predicted octanol–water partition coefficient (Wildman–Crippen LogP) is 3.24. The van der Waals surface area contributed by atoms with Gasteiger partial charge in [0.05, 0.1) is 7.11 Å². The molecule has 0 saturated heterocycles. The maximum absolute atomic E-state index is 13.5.